The number of rotatable bonds is 1. The van der Waals surface area contributed by atoms with Crippen LogP contribution in [0.1, 0.15) is 0 Å². The molecule has 0 aliphatic carbocycles. The van der Waals surface area contributed by atoms with Gasteiger partial charge in [-0.25, -0.2) is 0 Å². The molecule has 1 N–H and O–H groups in total. The van der Waals surface area contributed by atoms with Crippen molar-refractivity contribution in [3.8, 4) is 11.3 Å². The zero-order chi connectivity index (χ0) is 9.26. The maximum Gasteiger partial charge on any atom is 0.304 e. The fourth-order valence-corrected chi connectivity index (χ4v) is 2.07. The lowest BCUT2D eigenvalue weighted by Crippen LogP contribution is -1.92. The average molecular weight is 256 g/mol. The van der Waals surface area contributed by atoms with Gasteiger partial charge < -0.3 is 4.98 Å². The summed E-state index contributed by atoms with van der Waals surface area (Å²) in [5.74, 6) is 0. The van der Waals surface area contributed by atoms with Crippen LogP contribution in [0.4, 0.5) is 0 Å². The van der Waals surface area contributed by atoms with Crippen LogP contribution < -0.4 is 4.87 Å². The summed E-state index contributed by atoms with van der Waals surface area (Å²) in [5.41, 5.74) is 1.89. The first-order valence-electron chi connectivity index (χ1n) is 3.69. The molecule has 0 atom stereocenters. The van der Waals surface area contributed by atoms with E-state index < -0.39 is 0 Å². The minimum Gasteiger partial charge on any atom is -0.312 e. The smallest absolute Gasteiger partial charge is 0.304 e. The Morgan fingerprint density at radius 1 is 1.38 bits per heavy atom. The Bertz CT molecular complexity index is 474. The molecule has 0 unspecified atom stereocenters. The molecular weight excluding hydrogens is 250 g/mol. The largest absolute Gasteiger partial charge is 0.312 e. The summed E-state index contributed by atoms with van der Waals surface area (Å²) >= 11 is 4.56. The topological polar surface area (TPSA) is 32.9 Å². The highest BCUT2D eigenvalue weighted by Crippen LogP contribution is 2.20. The zero-order valence-electron chi connectivity index (χ0n) is 6.58. The van der Waals surface area contributed by atoms with E-state index in [1.54, 1.807) is 0 Å². The Morgan fingerprint density at radius 2 is 2.23 bits per heavy atom. The lowest BCUT2D eigenvalue weighted by Gasteiger charge is -1.96. The number of aromatic amines is 1. The van der Waals surface area contributed by atoms with Crippen molar-refractivity contribution in [2.75, 3.05) is 0 Å². The van der Waals surface area contributed by atoms with Crippen LogP contribution in [0.3, 0.4) is 0 Å². The predicted octanol–water partition coefficient (Wildman–Crippen LogP) is 2.87. The highest BCUT2D eigenvalue weighted by Gasteiger charge is 1.99. The van der Waals surface area contributed by atoms with Crippen molar-refractivity contribution in [2.24, 2.45) is 0 Å². The van der Waals surface area contributed by atoms with E-state index in [1.807, 2.05) is 29.6 Å². The van der Waals surface area contributed by atoms with Crippen molar-refractivity contribution in [1.82, 2.24) is 4.98 Å². The third-order valence-corrected chi connectivity index (χ3v) is 2.82. The van der Waals surface area contributed by atoms with Crippen molar-refractivity contribution < 1.29 is 0 Å². The molecule has 0 saturated heterocycles. The molecule has 0 fully saturated rings. The third-order valence-electron chi connectivity index (χ3n) is 1.66. The van der Waals surface area contributed by atoms with Gasteiger partial charge in [0.1, 0.15) is 0 Å². The molecule has 66 valence electrons. The average Bonchev–Trinajstić information content (AvgIpc) is 2.52. The lowest BCUT2D eigenvalue weighted by atomic mass is 10.2. The van der Waals surface area contributed by atoms with Gasteiger partial charge in [-0.05, 0) is 17.7 Å². The van der Waals surface area contributed by atoms with Crippen molar-refractivity contribution >= 4 is 27.3 Å². The molecule has 0 saturated carbocycles. The second kappa shape index (κ2) is 3.47. The van der Waals surface area contributed by atoms with E-state index in [0.29, 0.717) is 0 Å². The van der Waals surface area contributed by atoms with Gasteiger partial charge in [0.25, 0.3) is 0 Å². The number of hydrogen-bond acceptors (Lipinski definition) is 2. The number of hydrogen-bond donors (Lipinski definition) is 1. The molecule has 1 aromatic heterocycles. The standard InChI is InChI=1S/C9H6BrNOS/c10-7-3-1-2-6(4-7)8-5-13-9(12)11-8/h1-5H,(H,11,12). The van der Waals surface area contributed by atoms with E-state index in [-0.39, 0.29) is 4.87 Å². The highest BCUT2D eigenvalue weighted by molar-refractivity contribution is 9.10. The van der Waals surface area contributed by atoms with Gasteiger partial charge in [0.2, 0.25) is 0 Å². The number of thiazole rings is 1. The summed E-state index contributed by atoms with van der Waals surface area (Å²) in [6.45, 7) is 0. The molecule has 4 heteroatoms. The number of H-pyrrole nitrogens is 1. The third kappa shape index (κ3) is 1.89. The summed E-state index contributed by atoms with van der Waals surface area (Å²) in [6.07, 6.45) is 0. The minimum atomic E-state index is -0.0185. The maximum absolute atomic E-state index is 10.9. The van der Waals surface area contributed by atoms with Gasteiger partial charge in [-0.2, -0.15) is 0 Å². The zero-order valence-corrected chi connectivity index (χ0v) is 8.98. The van der Waals surface area contributed by atoms with E-state index >= 15 is 0 Å². The number of benzene rings is 1. The van der Waals surface area contributed by atoms with E-state index in [9.17, 15) is 4.79 Å². The van der Waals surface area contributed by atoms with Crippen LogP contribution in [0.2, 0.25) is 0 Å². The van der Waals surface area contributed by atoms with Crippen molar-refractivity contribution in [3.05, 3.63) is 43.8 Å². The molecule has 0 amide bonds. The Kier molecular flexibility index (Phi) is 2.33. The molecule has 1 heterocycles. The van der Waals surface area contributed by atoms with Crippen molar-refractivity contribution in [2.45, 2.75) is 0 Å². The number of aromatic nitrogens is 1. The minimum absolute atomic E-state index is 0.0185. The van der Waals surface area contributed by atoms with Gasteiger partial charge >= 0.3 is 4.87 Å². The van der Waals surface area contributed by atoms with E-state index in [4.69, 9.17) is 0 Å². The molecular formula is C9H6BrNOS. The number of halogens is 1. The van der Waals surface area contributed by atoms with E-state index in [2.05, 4.69) is 20.9 Å². The van der Waals surface area contributed by atoms with E-state index in [0.717, 1.165) is 15.7 Å². The normalized spacial score (nSPS) is 10.2. The van der Waals surface area contributed by atoms with Gasteiger partial charge in [-0.3, -0.25) is 4.79 Å². The summed E-state index contributed by atoms with van der Waals surface area (Å²) in [4.78, 5) is 13.6. The van der Waals surface area contributed by atoms with Crippen LogP contribution in [0.25, 0.3) is 11.3 Å². The Hall–Kier alpha value is -0.870. The summed E-state index contributed by atoms with van der Waals surface area (Å²) in [6, 6.07) is 7.82. The van der Waals surface area contributed by atoms with Gasteiger partial charge in [-0.15, -0.1) is 0 Å². The molecule has 1 aromatic carbocycles. The van der Waals surface area contributed by atoms with Gasteiger partial charge in [-0.1, -0.05) is 39.4 Å². The monoisotopic (exact) mass is 255 g/mol. The summed E-state index contributed by atoms with van der Waals surface area (Å²) < 4.78 is 1.01. The van der Waals surface area contributed by atoms with Crippen LogP contribution >= 0.6 is 27.3 Å². The van der Waals surface area contributed by atoms with Crippen LogP contribution in [0.15, 0.2) is 38.9 Å². The van der Waals surface area contributed by atoms with Crippen LogP contribution in [0, 0.1) is 0 Å². The Morgan fingerprint density at radius 3 is 2.85 bits per heavy atom. The summed E-state index contributed by atoms with van der Waals surface area (Å²) in [5, 5.41) is 1.82. The molecule has 0 aliphatic rings. The lowest BCUT2D eigenvalue weighted by molar-refractivity contribution is 1.34. The SMILES string of the molecule is O=c1[nH]c(-c2cccc(Br)c2)cs1. The first-order chi connectivity index (χ1) is 6.25. The molecule has 0 spiro atoms. The molecule has 0 aliphatic heterocycles. The fraction of sp³-hybridized carbons (Fsp3) is 0. The van der Waals surface area contributed by atoms with Crippen LogP contribution in [-0.2, 0) is 0 Å². The Balaban J connectivity index is 2.52. The molecule has 2 rings (SSSR count). The first-order valence-corrected chi connectivity index (χ1v) is 5.37. The Labute approximate surface area is 87.4 Å². The molecule has 13 heavy (non-hydrogen) atoms. The molecule has 0 radical (unpaired) electrons. The highest BCUT2D eigenvalue weighted by atomic mass is 79.9. The van der Waals surface area contributed by atoms with E-state index in [1.165, 1.54) is 11.3 Å². The fourth-order valence-electron chi connectivity index (χ4n) is 1.08. The van der Waals surface area contributed by atoms with Crippen molar-refractivity contribution in [1.29, 1.82) is 0 Å². The quantitative estimate of drug-likeness (QED) is 0.836. The van der Waals surface area contributed by atoms with Crippen LogP contribution in [-0.4, -0.2) is 4.98 Å². The van der Waals surface area contributed by atoms with Gasteiger partial charge in [0, 0.05) is 9.85 Å². The van der Waals surface area contributed by atoms with Crippen LogP contribution in [0.5, 0.6) is 0 Å². The second-order valence-corrected chi connectivity index (χ2v) is 4.33. The summed E-state index contributed by atoms with van der Waals surface area (Å²) in [7, 11) is 0. The second-order valence-electron chi connectivity index (χ2n) is 2.57. The molecule has 2 aromatic rings. The predicted molar refractivity (Wildman–Crippen MR) is 58.1 cm³/mol. The van der Waals surface area contributed by atoms with Crippen molar-refractivity contribution in [3.63, 3.8) is 0 Å². The maximum atomic E-state index is 10.9. The first kappa shape index (κ1) is 8.72. The van der Waals surface area contributed by atoms with Gasteiger partial charge in [0.15, 0.2) is 0 Å². The van der Waals surface area contributed by atoms with Gasteiger partial charge in [0.05, 0.1) is 5.69 Å². The molecule has 0 bridgehead atoms. The molecule has 2 nitrogen and oxygen atoms in total. The number of nitrogens with one attached hydrogen (secondary N) is 1.